The molecule has 1 aromatic rings. The molecule has 2 nitrogen and oxygen atoms in total. The van der Waals surface area contributed by atoms with Gasteiger partial charge in [-0.05, 0) is 41.9 Å². The van der Waals surface area contributed by atoms with Crippen LogP contribution in [0.1, 0.15) is 29.1 Å². The predicted octanol–water partition coefficient (Wildman–Crippen LogP) is 4.44. The molecular weight excluding hydrogens is 343 g/mol. The molecule has 0 spiro atoms. The molecule has 1 unspecified atom stereocenters. The average Bonchev–Trinajstić information content (AvgIpc) is 2.62. The summed E-state index contributed by atoms with van der Waals surface area (Å²) in [7, 11) is 0. The first-order valence-corrected chi connectivity index (χ1v) is 7.58. The fourth-order valence-electron chi connectivity index (χ4n) is 1.51. The summed E-state index contributed by atoms with van der Waals surface area (Å²) < 4.78 is 42.0. The van der Waals surface area contributed by atoms with E-state index >= 15 is 0 Å². The summed E-state index contributed by atoms with van der Waals surface area (Å²) in [4.78, 5) is 2.09. The molecule has 1 heterocycles. The number of halogens is 4. The van der Waals surface area contributed by atoms with Crippen LogP contribution in [0.3, 0.4) is 0 Å². The van der Waals surface area contributed by atoms with E-state index in [4.69, 9.17) is 4.74 Å². The monoisotopic (exact) mass is 359 g/mol. The Morgan fingerprint density at radius 1 is 1.47 bits per heavy atom. The zero-order chi connectivity index (χ0) is 14.5. The lowest BCUT2D eigenvalue weighted by molar-refractivity contribution is -0.175. The minimum atomic E-state index is -4.28. The molecule has 0 aliphatic heterocycles. The maximum Gasteiger partial charge on any atom is 0.411 e. The van der Waals surface area contributed by atoms with Crippen LogP contribution in [0.15, 0.2) is 10.5 Å². The SMILES string of the molecule is CCCNC(COCC(F)(F)F)c1cc(Br)c(C)s1. The quantitative estimate of drug-likeness (QED) is 0.776. The molecule has 0 aliphatic rings. The number of alkyl halides is 3. The van der Waals surface area contributed by atoms with Crippen LogP contribution in [-0.2, 0) is 4.74 Å². The van der Waals surface area contributed by atoms with E-state index in [0.29, 0.717) is 0 Å². The van der Waals surface area contributed by atoms with E-state index in [1.807, 2.05) is 19.9 Å². The van der Waals surface area contributed by atoms with Crippen LogP contribution in [0.2, 0.25) is 0 Å². The summed E-state index contributed by atoms with van der Waals surface area (Å²) in [5.41, 5.74) is 0. The molecule has 1 atom stereocenters. The van der Waals surface area contributed by atoms with E-state index in [1.54, 1.807) is 11.3 Å². The normalized spacial score (nSPS) is 13.8. The van der Waals surface area contributed by atoms with E-state index in [1.165, 1.54) is 0 Å². The number of hydrogen-bond donors (Lipinski definition) is 1. The molecule has 0 amide bonds. The number of nitrogens with one attached hydrogen (secondary N) is 1. The largest absolute Gasteiger partial charge is 0.411 e. The maximum absolute atomic E-state index is 12.1. The van der Waals surface area contributed by atoms with Crippen molar-refractivity contribution in [3.05, 3.63) is 20.3 Å². The van der Waals surface area contributed by atoms with Gasteiger partial charge >= 0.3 is 6.18 Å². The summed E-state index contributed by atoms with van der Waals surface area (Å²) >= 11 is 4.97. The van der Waals surface area contributed by atoms with Crippen molar-refractivity contribution >= 4 is 27.3 Å². The smallest absolute Gasteiger partial charge is 0.370 e. The van der Waals surface area contributed by atoms with Gasteiger partial charge in [0.1, 0.15) is 6.61 Å². The lowest BCUT2D eigenvalue weighted by atomic mass is 10.2. The highest BCUT2D eigenvalue weighted by Gasteiger charge is 2.28. The van der Waals surface area contributed by atoms with Gasteiger partial charge in [-0.15, -0.1) is 11.3 Å². The molecule has 0 radical (unpaired) electrons. The molecule has 19 heavy (non-hydrogen) atoms. The van der Waals surface area contributed by atoms with Gasteiger partial charge in [-0.2, -0.15) is 13.2 Å². The molecule has 0 saturated carbocycles. The number of hydrogen-bond acceptors (Lipinski definition) is 3. The topological polar surface area (TPSA) is 21.3 Å². The Hall–Kier alpha value is -0.110. The van der Waals surface area contributed by atoms with E-state index < -0.39 is 12.8 Å². The van der Waals surface area contributed by atoms with Crippen molar-refractivity contribution in [2.24, 2.45) is 0 Å². The Morgan fingerprint density at radius 3 is 2.63 bits per heavy atom. The van der Waals surface area contributed by atoms with Crippen molar-refractivity contribution < 1.29 is 17.9 Å². The van der Waals surface area contributed by atoms with Crippen LogP contribution in [0, 0.1) is 6.92 Å². The van der Waals surface area contributed by atoms with Crippen molar-refractivity contribution in [3.8, 4) is 0 Å². The minimum Gasteiger partial charge on any atom is -0.370 e. The molecule has 110 valence electrons. The lowest BCUT2D eigenvalue weighted by Crippen LogP contribution is -2.28. The highest BCUT2D eigenvalue weighted by Crippen LogP contribution is 2.31. The fraction of sp³-hybridized carbons (Fsp3) is 0.667. The van der Waals surface area contributed by atoms with E-state index in [2.05, 4.69) is 21.2 Å². The zero-order valence-electron chi connectivity index (χ0n) is 10.8. The third-order valence-electron chi connectivity index (χ3n) is 2.41. The van der Waals surface area contributed by atoms with E-state index in [9.17, 15) is 13.2 Å². The highest BCUT2D eigenvalue weighted by atomic mass is 79.9. The van der Waals surface area contributed by atoms with Gasteiger partial charge in [-0.25, -0.2) is 0 Å². The fourth-order valence-corrected chi connectivity index (χ4v) is 3.13. The van der Waals surface area contributed by atoms with Crippen LogP contribution >= 0.6 is 27.3 Å². The van der Waals surface area contributed by atoms with Crippen molar-refractivity contribution in [2.75, 3.05) is 19.8 Å². The van der Waals surface area contributed by atoms with Crippen molar-refractivity contribution in [1.29, 1.82) is 0 Å². The van der Waals surface area contributed by atoms with Crippen molar-refractivity contribution in [3.63, 3.8) is 0 Å². The number of thiophene rings is 1. The molecule has 1 rings (SSSR count). The standard InChI is InChI=1S/C12H17BrF3NOS/c1-3-4-17-10(6-18-7-12(14,15)16)11-5-9(13)8(2)19-11/h5,10,17H,3-4,6-7H2,1-2H3. The van der Waals surface area contributed by atoms with Gasteiger partial charge in [0.05, 0.1) is 12.6 Å². The summed E-state index contributed by atoms with van der Waals surface area (Å²) in [5.74, 6) is 0. The van der Waals surface area contributed by atoms with E-state index in [0.717, 1.165) is 27.2 Å². The van der Waals surface area contributed by atoms with Gasteiger partial charge < -0.3 is 10.1 Å². The van der Waals surface area contributed by atoms with Crippen LogP contribution in [0.4, 0.5) is 13.2 Å². The predicted molar refractivity (Wildman–Crippen MR) is 74.7 cm³/mol. The number of rotatable bonds is 7. The Labute approximate surface area is 123 Å². The molecule has 7 heteroatoms. The first-order chi connectivity index (χ1) is 8.83. The maximum atomic E-state index is 12.1. The van der Waals surface area contributed by atoms with Gasteiger partial charge in [0, 0.05) is 14.2 Å². The first-order valence-electron chi connectivity index (χ1n) is 5.97. The second-order valence-corrected chi connectivity index (χ2v) is 6.33. The van der Waals surface area contributed by atoms with Crippen LogP contribution in [0.25, 0.3) is 0 Å². The van der Waals surface area contributed by atoms with Gasteiger partial charge in [0.25, 0.3) is 0 Å². The Kier molecular flexibility index (Phi) is 6.79. The molecule has 1 N–H and O–H groups in total. The molecule has 1 aromatic heterocycles. The van der Waals surface area contributed by atoms with Crippen LogP contribution in [-0.4, -0.2) is 25.9 Å². The second-order valence-electron chi connectivity index (χ2n) is 4.19. The Morgan fingerprint density at radius 2 is 2.16 bits per heavy atom. The Balaban J connectivity index is 2.61. The zero-order valence-corrected chi connectivity index (χ0v) is 13.2. The summed E-state index contributed by atoms with van der Waals surface area (Å²) in [6.45, 7) is 3.53. The van der Waals surface area contributed by atoms with Gasteiger partial charge in [0.2, 0.25) is 0 Å². The summed E-state index contributed by atoms with van der Waals surface area (Å²) in [6.07, 6.45) is -3.36. The Bertz CT molecular complexity index is 375. The van der Waals surface area contributed by atoms with Crippen LogP contribution < -0.4 is 5.32 Å². The molecular formula is C12H17BrF3NOS. The first kappa shape index (κ1) is 16.9. The summed E-state index contributed by atoms with van der Waals surface area (Å²) in [5, 5.41) is 3.21. The minimum absolute atomic E-state index is 0.0197. The van der Waals surface area contributed by atoms with Crippen molar-refractivity contribution in [1.82, 2.24) is 5.32 Å². The third-order valence-corrected chi connectivity index (χ3v) is 4.66. The van der Waals surface area contributed by atoms with Gasteiger partial charge in [-0.3, -0.25) is 0 Å². The highest BCUT2D eigenvalue weighted by molar-refractivity contribution is 9.10. The molecule has 0 saturated heterocycles. The molecule has 0 aliphatic carbocycles. The van der Waals surface area contributed by atoms with Gasteiger partial charge in [0.15, 0.2) is 0 Å². The third kappa shape index (κ3) is 6.25. The summed E-state index contributed by atoms with van der Waals surface area (Å²) in [6, 6.07) is 1.74. The molecule has 0 fully saturated rings. The molecule has 0 bridgehead atoms. The van der Waals surface area contributed by atoms with E-state index in [-0.39, 0.29) is 12.6 Å². The number of aryl methyl sites for hydroxylation is 1. The second kappa shape index (κ2) is 7.61. The lowest BCUT2D eigenvalue weighted by Gasteiger charge is -2.18. The average molecular weight is 360 g/mol. The number of ether oxygens (including phenoxy) is 1. The molecule has 0 aromatic carbocycles. The van der Waals surface area contributed by atoms with Crippen LogP contribution in [0.5, 0.6) is 0 Å². The van der Waals surface area contributed by atoms with Crippen molar-refractivity contribution in [2.45, 2.75) is 32.5 Å². The van der Waals surface area contributed by atoms with Gasteiger partial charge in [-0.1, -0.05) is 6.92 Å².